The number of aromatic nitrogens is 1. The van der Waals surface area contributed by atoms with Gasteiger partial charge >= 0.3 is 0 Å². The van der Waals surface area contributed by atoms with Gasteiger partial charge in [-0.25, -0.2) is 13.8 Å². The van der Waals surface area contributed by atoms with Gasteiger partial charge in [0.25, 0.3) is 5.91 Å². The summed E-state index contributed by atoms with van der Waals surface area (Å²) in [6.45, 7) is 1.43. The number of hydrogen-bond acceptors (Lipinski definition) is 4. The molecule has 3 N–H and O–H groups in total. The number of benzene rings is 2. The summed E-state index contributed by atoms with van der Waals surface area (Å²) in [4.78, 5) is 27.4. The summed E-state index contributed by atoms with van der Waals surface area (Å²) in [5.74, 6) is -2.34. The summed E-state index contributed by atoms with van der Waals surface area (Å²) in [6.07, 6.45) is 1.43. The highest BCUT2D eigenvalue weighted by atomic mass is 19.2. The lowest BCUT2D eigenvalue weighted by atomic mass is 10.2. The summed E-state index contributed by atoms with van der Waals surface area (Å²) in [5.41, 5.74) is 1.76. The summed E-state index contributed by atoms with van der Waals surface area (Å²) in [5, 5.41) is 8.33. The Morgan fingerprint density at radius 1 is 0.857 bits per heavy atom. The van der Waals surface area contributed by atoms with E-state index in [9.17, 15) is 18.4 Å². The average molecular weight is 382 g/mol. The Kier molecular flexibility index (Phi) is 5.59. The van der Waals surface area contributed by atoms with Gasteiger partial charge in [-0.15, -0.1) is 0 Å². The number of carbonyl (C=O) groups excluding carboxylic acids is 2. The van der Waals surface area contributed by atoms with Gasteiger partial charge in [0.05, 0.1) is 11.9 Å². The Bertz CT molecular complexity index is 1020. The maximum Gasteiger partial charge on any atom is 0.255 e. The second-order valence-electron chi connectivity index (χ2n) is 5.90. The fraction of sp³-hybridized carbons (Fsp3) is 0.0500. The summed E-state index contributed by atoms with van der Waals surface area (Å²) in [6, 6.07) is 13.3. The Morgan fingerprint density at radius 2 is 1.64 bits per heavy atom. The van der Waals surface area contributed by atoms with E-state index in [2.05, 4.69) is 20.9 Å². The summed E-state index contributed by atoms with van der Waals surface area (Å²) >= 11 is 0. The molecule has 0 spiro atoms. The van der Waals surface area contributed by atoms with E-state index < -0.39 is 17.5 Å². The largest absolute Gasteiger partial charge is 0.340 e. The number of hydrogen-bond donors (Lipinski definition) is 3. The monoisotopic (exact) mass is 382 g/mol. The first-order chi connectivity index (χ1) is 13.4. The topological polar surface area (TPSA) is 83.1 Å². The van der Waals surface area contributed by atoms with Gasteiger partial charge in [0, 0.05) is 23.9 Å². The molecule has 8 heteroatoms. The van der Waals surface area contributed by atoms with Gasteiger partial charge < -0.3 is 16.0 Å². The second-order valence-corrected chi connectivity index (χ2v) is 5.90. The van der Waals surface area contributed by atoms with E-state index in [-0.39, 0.29) is 11.5 Å². The van der Waals surface area contributed by atoms with Crippen molar-refractivity contribution in [2.75, 3.05) is 16.0 Å². The van der Waals surface area contributed by atoms with Crippen LogP contribution in [0.15, 0.2) is 60.8 Å². The molecule has 1 heterocycles. The van der Waals surface area contributed by atoms with Gasteiger partial charge in [0.15, 0.2) is 11.6 Å². The lowest BCUT2D eigenvalue weighted by Crippen LogP contribution is -2.12. The van der Waals surface area contributed by atoms with E-state index in [0.717, 1.165) is 17.8 Å². The third kappa shape index (κ3) is 4.88. The Morgan fingerprint density at radius 3 is 2.32 bits per heavy atom. The quantitative estimate of drug-likeness (QED) is 0.614. The highest BCUT2D eigenvalue weighted by Gasteiger charge is 2.10. The van der Waals surface area contributed by atoms with Crippen molar-refractivity contribution in [3.05, 3.63) is 78.0 Å². The first-order valence-electron chi connectivity index (χ1n) is 8.28. The minimum Gasteiger partial charge on any atom is -0.340 e. The Labute approximate surface area is 159 Å². The van der Waals surface area contributed by atoms with Crippen LogP contribution in [0.25, 0.3) is 0 Å². The van der Waals surface area contributed by atoms with Crippen LogP contribution in [0.2, 0.25) is 0 Å². The molecule has 0 unspecified atom stereocenters. The fourth-order valence-electron chi connectivity index (χ4n) is 2.41. The predicted molar refractivity (Wildman–Crippen MR) is 103 cm³/mol. The SMILES string of the molecule is CC(=O)Nc1cccc(Nc2ccc(NC(=O)c3ccc(F)c(F)c3)cn2)c1. The van der Waals surface area contributed by atoms with Crippen LogP contribution in [0, 0.1) is 11.6 Å². The lowest BCUT2D eigenvalue weighted by Gasteiger charge is -2.09. The smallest absolute Gasteiger partial charge is 0.255 e. The van der Waals surface area contributed by atoms with E-state index in [4.69, 9.17) is 0 Å². The Hall–Kier alpha value is -3.81. The molecule has 0 fully saturated rings. The summed E-state index contributed by atoms with van der Waals surface area (Å²) < 4.78 is 26.2. The number of nitrogens with zero attached hydrogens (tertiary/aromatic N) is 1. The first-order valence-corrected chi connectivity index (χ1v) is 8.28. The predicted octanol–water partition coefficient (Wildman–Crippen LogP) is 4.31. The zero-order valence-corrected chi connectivity index (χ0v) is 14.8. The normalized spacial score (nSPS) is 10.2. The average Bonchev–Trinajstić information content (AvgIpc) is 2.65. The van der Waals surface area contributed by atoms with Crippen molar-refractivity contribution in [3.8, 4) is 0 Å². The zero-order chi connectivity index (χ0) is 20.1. The third-order valence-corrected chi connectivity index (χ3v) is 3.66. The number of carbonyl (C=O) groups is 2. The number of rotatable bonds is 5. The van der Waals surface area contributed by atoms with Crippen molar-refractivity contribution in [2.24, 2.45) is 0 Å². The zero-order valence-electron chi connectivity index (χ0n) is 14.8. The van der Waals surface area contributed by atoms with Gasteiger partial charge in [0.1, 0.15) is 5.82 Å². The van der Waals surface area contributed by atoms with Crippen LogP contribution >= 0.6 is 0 Å². The maximum atomic E-state index is 13.2. The molecule has 0 aliphatic heterocycles. The highest BCUT2D eigenvalue weighted by Crippen LogP contribution is 2.20. The van der Waals surface area contributed by atoms with Crippen LogP contribution in [-0.2, 0) is 4.79 Å². The molecule has 28 heavy (non-hydrogen) atoms. The second kappa shape index (κ2) is 8.26. The molecule has 6 nitrogen and oxygen atoms in total. The standard InChI is InChI=1S/C20H16F2N4O2/c1-12(27)24-14-3-2-4-15(10-14)25-19-8-6-16(11-23-19)26-20(28)13-5-7-17(21)18(22)9-13/h2-11H,1H3,(H,23,25)(H,24,27)(H,26,28). The lowest BCUT2D eigenvalue weighted by molar-refractivity contribution is -0.114. The minimum absolute atomic E-state index is 0.00381. The van der Waals surface area contributed by atoms with Crippen molar-refractivity contribution in [1.82, 2.24) is 4.98 Å². The number of halogens is 2. The number of amides is 2. The van der Waals surface area contributed by atoms with Crippen molar-refractivity contribution in [2.45, 2.75) is 6.92 Å². The molecule has 0 aliphatic carbocycles. The van der Waals surface area contributed by atoms with Crippen LogP contribution in [0.1, 0.15) is 17.3 Å². The molecule has 2 amide bonds. The summed E-state index contributed by atoms with van der Waals surface area (Å²) in [7, 11) is 0. The molecule has 0 aliphatic rings. The van der Waals surface area contributed by atoms with Crippen molar-refractivity contribution in [3.63, 3.8) is 0 Å². The molecule has 0 saturated carbocycles. The maximum absolute atomic E-state index is 13.2. The van der Waals surface area contributed by atoms with Gasteiger partial charge in [-0.05, 0) is 48.5 Å². The first kappa shape index (κ1) is 19.0. The molecule has 0 saturated heterocycles. The van der Waals surface area contributed by atoms with Crippen LogP contribution < -0.4 is 16.0 Å². The van der Waals surface area contributed by atoms with Crippen LogP contribution in [0.3, 0.4) is 0 Å². The molecular formula is C20H16F2N4O2. The molecular weight excluding hydrogens is 366 g/mol. The van der Waals surface area contributed by atoms with Crippen molar-refractivity contribution < 1.29 is 18.4 Å². The Balaban J connectivity index is 1.65. The fourth-order valence-corrected chi connectivity index (χ4v) is 2.41. The molecule has 0 bridgehead atoms. The van der Waals surface area contributed by atoms with E-state index >= 15 is 0 Å². The third-order valence-electron chi connectivity index (χ3n) is 3.66. The highest BCUT2D eigenvalue weighted by molar-refractivity contribution is 6.04. The van der Waals surface area contributed by atoms with Gasteiger partial charge in [-0.1, -0.05) is 6.07 Å². The van der Waals surface area contributed by atoms with Gasteiger partial charge in [-0.3, -0.25) is 9.59 Å². The molecule has 2 aromatic carbocycles. The number of pyridine rings is 1. The minimum atomic E-state index is -1.09. The molecule has 3 rings (SSSR count). The van der Waals surface area contributed by atoms with Crippen LogP contribution in [0.5, 0.6) is 0 Å². The number of nitrogens with one attached hydrogen (secondary N) is 3. The number of anilines is 4. The van der Waals surface area contributed by atoms with E-state index in [1.165, 1.54) is 19.2 Å². The molecule has 0 atom stereocenters. The molecule has 0 radical (unpaired) electrons. The van der Waals surface area contributed by atoms with Gasteiger partial charge in [-0.2, -0.15) is 0 Å². The van der Waals surface area contributed by atoms with Crippen molar-refractivity contribution >= 4 is 34.7 Å². The van der Waals surface area contributed by atoms with Crippen LogP contribution in [-0.4, -0.2) is 16.8 Å². The van der Waals surface area contributed by atoms with E-state index in [1.807, 2.05) is 6.07 Å². The molecule has 3 aromatic rings. The van der Waals surface area contributed by atoms with E-state index in [0.29, 0.717) is 17.2 Å². The van der Waals surface area contributed by atoms with E-state index in [1.54, 1.807) is 30.3 Å². The van der Waals surface area contributed by atoms with Crippen LogP contribution in [0.4, 0.5) is 31.7 Å². The molecule has 142 valence electrons. The van der Waals surface area contributed by atoms with Gasteiger partial charge in [0.2, 0.25) is 5.91 Å². The van der Waals surface area contributed by atoms with Crippen molar-refractivity contribution in [1.29, 1.82) is 0 Å². The molecule has 1 aromatic heterocycles.